The molecule has 0 spiro atoms. The van der Waals surface area contributed by atoms with Gasteiger partial charge in [0.15, 0.2) is 0 Å². The number of carbonyl (C=O) groups is 2. The largest absolute Gasteiger partial charge is 0.508 e. The molecular weight excluding hydrogens is 406 g/mol. The van der Waals surface area contributed by atoms with Crippen LogP contribution in [0.15, 0.2) is 48.8 Å². The lowest BCUT2D eigenvalue weighted by Crippen LogP contribution is -2.49. The third-order valence-electron chi connectivity index (χ3n) is 4.50. The minimum Gasteiger partial charge on any atom is -0.508 e. The van der Waals surface area contributed by atoms with Gasteiger partial charge in [-0.25, -0.2) is 4.79 Å². The van der Waals surface area contributed by atoms with Crippen LogP contribution in [0.5, 0.6) is 5.75 Å². The molecular formula is C22H30ClN3O4. The van der Waals surface area contributed by atoms with E-state index in [1.807, 2.05) is 0 Å². The Morgan fingerprint density at radius 2 is 1.73 bits per heavy atom. The third-order valence-corrected chi connectivity index (χ3v) is 4.50. The van der Waals surface area contributed by atoms with Crippen molar-refractivity contribution in [2.45, 2.75) is 39.3 Å². The number of pyridine rings is 1. The van der Waals surface area contributed by atoms with Crippen molar-refractivity contribution in [3.8, 4) is 5.75 Å². The number of nitrogens with one attached hydrogen (secondary N) is 1. The van der Waals surface area contributed by atoms with E-state index in [-0.39, 0.29) is 30.7 Å². The maximum atomic E-state index is 12.9. The highest BCUT2D eigenvalue weighted by Gasteiger charge is 2.25. The Balaban J connectivity index is 0.00000450. The van der Waals surface area contributed by atoms with Crippen LogP contribution in [0, 0.1) is 5.92 Å². The molecule has 1 aromatic heterocycles. The monoisotopic (exact) mass is 435 g/mol. The lowest BCUT2D eigenvalue weighted by Gasteiger charge is -2.25. The Morgan fingerprint density at radius 1 is 1.10 bits per heavy atom. The van der Waals surface area contributed by atoms with Crippen LogP contribution >= 0.6 is 12.4 Å². The Hall–Kier alpha value is -2.80. The molecule has 8 heteroatoms. The second-order valence-corrected chi connectivity index (χ2v) is 7.44. The van der Waals surface area contributed by atoms with Crippen molar-refractivity contribution in [1.29, 1.82) is 0 Å². The first-order valence-electron chi connectivity index (χ1n) is 9.70. The molecule has 1 heterocycles. The molecule has 2 amide bonds. The number of phenolic OH excluding ortho intramolecular Hbond substituents is 1. The van der Waals surface area contributed by atoms with Crippen LogP contribution in [0.1, 0.15) is 31.4 Å². The van der Waals surface area contributed by atoms with E-state index in [1.54, 1.807) is 60.7 Å². The number of phenols is 1. The van der Waals surface area contributed by atoms with Crippen molar-refractivity contribution in [3.05, 3.63) is 59.9 Å². The molecule has 0 aliphatic heterocycles. The Kier molecular flexibility index (Phi) is 10.7. The number of ether oxygens (including phenoxy) is 1. The Bertz CT molecular complexity index is 785. The van der Waals surface area contributed by atoms with Crippen LogP contribution in [-0.2, 0) is 22.6 Å². The zero-order valence-electron chi connectivity index (χ0n) is 17.6. The quantitative estimate of drug-likeness (QED) is 0.628. The van der Waals surface area contributed by atoms with Crippen LogP contribution < -0.4 is 5.32 Å². The van der Waals surface area contributed by atoms with Gasteiger partial charge in [0.2, 0.25) is 5.91 Å². The summed E-state index contributed by atoms with van der Waals surface area (Å²) in [6, 6.07) is 9.32. The highest BCUT2D eigenvalue weighted by atomic mass is 35.5. The van der Waals surface area contributed by atoms with Gasteiger partial charge < -0.3 is 20.1 Å². The molecule has 0 saturated carbocycles. The molecule has 0 aliphatic carbocycles. The normalized spacial score (nSPS) is 11.3. The van der Waals surface area contributed by atoms with E-state index in [9.17, 15) is 14.7 Å². The van der Waals surface area contributed by atoms with E-state index in [2.05, 4.69) is 24.1 Å². The van der Waals surface area contributed by atoms with Gasteiger partial charge in [-0.15, -0.1) is 12.4 Å². The molecule has 1 atom stereocenters. The topological polar surface area (TPSA) is 91.8 Å². The molecule has 0 fully saturated rings. The number of likely N-dealkylation sites (N-methyl/N-ethyl adjacent to an activating group) is 1. The predicted molar refractivity (Wildman–Crippen MR) is 117 cm³/mol. The predicted octanol–water partition coefficient (Wildman–Crippen LogP) is 3.55. The van der Waals surface area contributed by atoms with Crippen molar-refractivity contribution in [2.75, 3.05) is 13.6 Å². The van der Waals surface area contributed by atoms with Gasteiger partial charge in [-0.1, -0.05) is 26.0 Å². The first-order chi connectivity index (χ1) is 13.8. The summed E-state index contributed by atoms with van der Waals surface area (Å²) < 4.78 is 5.25. The number of halogens is 1. The number of alkyl carbamates (subject to hydrolysis) is 1. The van der Waals surface area contributed by atoms with Gasteiger partial charge in [0, 0.05) is 32.4 Å². The van der Waals surface area contributed by atoms with Crippen LogP contribution in [0.3, 0.4) is 0 Å². The minimum absolute atomic E-state index is 0. The lowest BCUT2D eigenvalue weighted by atomic mass is 10.0. The van der Waals surface area contributed by atoms with E-state index in [0.29, 0.717) is 18.9 Å². The molecule has 0 unspecified atom stereocenters. The fourth-order valence-corrected chi connectivity index (χ4v) is 2.71. The van der Waals surface area contributed by atoms with Crippen LogP contribution in [0.25, 0.3) is 0 Å². The lowest BCUT2D eigenvalue weighted by molar-refractivity contribution is -0.132. The van der Waals surface area contributed by atoms with Gasteiger partial charge >= 0.3 is 6.09 Å². The third kappa shape index (κ3) is 8.69. The summed E-state index contributed by atoms with van der Waals surface area (Å²) in [5.74, 6) is 0.439. The molecule has 0 bridgehead atoms. The Labute approximate surface area is 183 Å². The molecule has 1 aromatic carbocycles. The molecule has 30 heavy (non-hydrogen) atoms. The van der Waals surface area contributed by atoms with E-state index >= 15 is 0 Å². The van der Waals surface area contributed by atoms with E-state index < -0.39 is 12.1 Å². The summed E-state index contributed by atoms with van der Waals surface area (Å²) in [5, 5.41) is 12.2. The molecule has 164 valence electrons. The molecule has 0 radical (unpaired) electrons. The van der Waals surface area contributed by atoms with Crippen molar-refractivity contribution in [3.63, 3.8) is 0 Å². The smallest absolute Gasteiger partial charge is 0.408 e. The molecule has 2 rings (SSSR count). The Morgan fingerprint density at radius 3 is 2.33 bits per heavy atom. The molecule has 7 nitrogen and oxygen atoms in total. The molecule has 2 aromatic rings. The highest BCUT2D eigenvalue weighted by Crippen LogP contribution is 2.13. The van der Waals surface area contributed by atoms with Gasteiger partial charge in [0.05, 0.1) is 0 Å². The maximum absolute atomic E-state index is 12.9. The standard InChI is InChI=1S/C22H29N3O4.ClH/c1-16(2)10-13-25(3)21(27)20(14-17-4-6-19(26)7-5-17)24-22(28)29-15-18-8-11-23-12-9-18;/h4-9,11-12,16,20,26H,10,13-15H2,1-3H3,(H,24,28);1H/t20-;/m0./s1. The summed E-state index contributed by atoms with van der Waals surface area (Å²) in [6.45, 7) is 4.90. The summed E-state index contributed by atoms with van der Waals surface area (Å²) >= 11 is 0. The minimum atomic E-state index is -0.762. The number of amides is 2. The van der Waals surface area contributed by atoms with Crippen molar-refractivity contribution in [1.82, 2.24) is 15.2 Å². The average Bonchev–Trinajstić information content (AvgIpc) is 2.71. The number of benzene rings is 1. The number of carbonyl (C=O) groups excluding carboxylic acids is 2. The second-order valence-electron chi connectivity index (χ2n) is 7.44. The zero-order valence-corrected chi connectivity index (χ0v) is 18.4. The highest BCUT2D eigenvalue weighted by molar-refractivity contribution is 5.86. The second kappa shape index (κ2) is 12.7. The van der Waals surface area contributed by atoms with Crippen LogP contribution in [0.2, 0.25) is 0 Å². The van der Waals surface area contributed by atoms with Crippen molar-refractivity contribution in [2.24, 2.45) is 5.92 Å². The molecule has 2 N–H and O–H groups in total. The van der Waals surface area contributed by atoms with Gasteiger partial charge in [-0.05, 0) is 47.7 Å². The number of hydrogen-bond acceptors (Lipinski definition) is 5. The van der Waals surface area contributed by atoms with E-state index in [4.69, 9.17) is 4.74 Å². The number of nitrogens with zero attached hydrogens (tertiary/aromatic N) is 2. The maximum Gasteiger partial charge on any atom is 0.408 e. The van der Waals surface area contributed by atoms with Crippen LogP contribution in [0.4, 0.5) is 4.79 Å². The van der Waals surface area contributed by atoms with Crippen molar-refractivity contribution >= 4 is 24.4 Å². The first kappa shape index (κ1) is 25.2. The van der Waals surface area contributed by atoms with Crippen LogP contribution in [-0.4, -0.2) is 46.6 Å². The number of aromatic nitrogens is 1. The number of rotatable bonds is 9. The van der Waals surface area contributed by atoms with E-state index in [0.717, 1.165) is 17.5 Å². The van der Waals surface area contributed by atoms with Gasteiger partial charge in [0.25, 0.3) is 0 Å². The summed E-state index contributed by atoms with van der Waals surface area (Å²) in [7, 11) is 1.73. The first-order valence-corrected chi connectivity index (χ1v) is 9.70. The van der Waals surface area contributed by atoms with Gasteiger partial charge in [0.1, 0.15) is 18.4 Å². The van der Waals surface area contributed by atoms with Gasteiger partial charge in [-0.2, -0.15) is 0 Å². The number of aromatic hydroxyl groups is 1. The van der Waals surface area contributed by atoms with Crippen molar-refractivity contribution < 1.29 is 19.4 Å². The SMILES string of the molecule is CC(C)CCN(C)C(=O)[C@H](Cc1ccc(O)cc1)NC(=O)OCc1ccncc1.Cl. The molecule has 0 aliphatic rings. The van der Waals surface area contributed by atoms with E-state index in [1.165, 1.54) is 0 Å². The fraction of sp³-hybridized carbons (Fsp3) is 0.409. The zero-order chi connectivity index (χ0) is 21.2. The summed E-state index contributed by atoms with van der Waals surface area (Å²) in [6.07, 6.45) is 3.77. The number of hydrogen-bond donors (Lipinski definition) is 2. The fourth-order valence-electron chi connectivity index (χ4n) is 2.71. The summed E-state index contributed by atoms with van der Waals surface area (Å²) in [5.41, 5.74) is 1.64. The summed E-state index contributed by atoms with van der Waals surface area (Å²) in [4.78, 5) is 30.8. The van der Waals surface area contributed by atoms with Gasteiger partial charge in [-0.3, -0.25) is 9.78 Å². The molecule has 0 saturated heterocycles. The average molecular weight is 436 g/mol.